The highest BCUT2D eigenvalue weighted by molar-refractivity contribution is 4.88. The molecule has 0 amide bonds. The molecule has 0 aromatic carbocycles. The molecular formula is C10H19F2NO. The molecule has 0 aromatic heterocycles. The zero-order valence-corrected chi connectivity index (χ0v) is 9.31. The van der Waals surface area contributed by atoms with Crippen molar-refractivity contribution in [2.45, 2.75) is 44.8 Å². The monoisotopic (exact) mass is 207 g/mol. The predicted octanol–water partition coefficient (Wildman–Crippen LogP) is 2.14. The minimum Gasteiger partial charge on any atom is -0.374 e. The van der Waals surface area contributed by atoms with Gasteiger partial charge in [-0.2, -0.15) is 0 Å². The van der Waals surface area contributed by atoms with E-state index in [0.29, 0.717) is 6.61 Å². The SMILES string of the molecule is CN1CC(F)(F)C[C@H]1COC(C)(C)C. The lowest BCUT2D eigenvalue weighted by atomic mass is 10.1. The highest BCUT2D eigenvalue weighted by atomic mass is 19.3. The molecule has 0 radical (unpaired) electrons. The normalized spacial score (nSPS) is 28.3. The molecule has 1 fully saturated rings. The zero-order chi connectivity index (χ0) is 11.0. The number of rotatable bonds is 2. The first kappa shape index (κ1) is 11.9. The molecule has 14 heavy (non-hydrogen) atoms. The molecule has 0 saturated carbocycles. The average molecular weight is 207 g/mol. The first-order chi connectivity index (χ1) is 6.20. The number of ether oxygens (including phenoxy) is 1. The van der Waals surface area contributed by atoms with Gasteiger partial charge in [0.25, 0.3) is 5.92 Å². The van der Waals surface area contributed by atoms with Gasteiger partial charge in [-0.05, 0) is 27.8 Å². The van der Waals surface area contributed by atoms with Crippen LogP contribution in [0.1, 0.15) is 27.2 Å². The first-order valence-electron chi connectivity index (χ1n) is 4.92. The summed E-state index contributed by atoms with van der Waals surface area (Å²) in [6.45, 7) is 6.03. The van der Waals surface area contributed by atoms with Crippen molar-refractivity contribution in [3.05, 3.63) is 0 Å². The minimum atomic E-state index is -2.54. The Kier molecular flexibility index (Phi) is 3.17. The Hall–Kier alpha value is -0.220. The van der Waals surface area contributed by atoms with Crippen molar-refractivity contribution in [2.24, 2.45) is 0 Å². The van der Waals surface area contributed by atoms with Gasteiger partial charge in [-0.15, -0.1) is 0 Å². The fraction of sp³-hybridized carbons (Fsp3) is 1.00. The molecule has 1 aliphatic heterocycles. The summed E-state index contributed by atoms with van der Waals surface area (Å²) in [5.41, 5.74) is -0.251. The van der Waals surface area contributed by atoms with Crippen molar-refractivity contribution in [3.8, 4) is 0 Å². The smallest absolute Gasteiger partial charge is 0.262 e. The Bertz CT molecular complexity index is 201. The molecule has 2 nitrogen and oxygen atoms in total. The Balaban J connectivity index is 2.40. The number of hydrogen-bond donors (Lipinski definition) is 0. The third kappa shape index (κ3) is 3.50. The molecule has 1 saturated heterocycles. The second-order valence-electron chi connectivity index (χ2n) is 5.05. The summed E-state index contributed by atoms with van der Waals surface area (Å²) in [5, 5.41) is 0. The van der Waals surface area contributed by atoms with E-state index in [2.05, 4.69) is 0 Å². The predicted molar refractivity (Wildman–Crippen MR) is 51.7 cm³/mol. The number of likely N-dealkylation sites (N-methyl/N-ethyl adjacent to an activating group) is 1. The molecule has 1 heterocycles. The summed E-state index contributed by atoms with van der Waals surface area (Å²) >= 11 is 0. The van der Waals surface area contributed by atoms with Crippen LogP contribution in [-0.4, -0.2) is 42.7 Å². The molecule has 4 heteroatoms. The number of hydrogen-bond acceptors (Lipinski definition) is 2. The van der Waals surface area contributed by atoms with Gasteiger partial charge in [0.1, 0.15) is 0 Å². The van der Waals surface area contributed by atoms with Crippen LogP contribution in [0.3, 0.4) is 0 Å². The fourth-order valence-corrected chi connectivity index (χ4v) is 1.59. The van der Waals surface area contributed by atoms with Crippen molar-refractivity contribution >= 4 is 0 Å². The average Bonchev–Trinajstić information content (AvgIpc) is 2.19. The van der Waals surface area contributed by atoms with Gasteiger partial charge in [-0.25, -0.2) is 8.78 Å². The van der Waals surface area contributed by atoms with E-state index in [1.165, 1.54) is 0 Å². The molecule has 0 bridgehead atoms. The largest absolute Gasteiger partial charge is 0.374 e. The van der Waals surface area contributed by atoms with E-state index in [1.807, 2.05) is 20.8 Å². The van der Waals surface area contributed by atoms with Crippen molar-refractivity contribution in [1.82, 2.24) is 4.90 Å². The van der Waals surface area contributed by atoms with Crippen LogP contribution < -0.4 is 0 Å². The molecule has 84 valence electrons. The molecule has 0 aromatic rings. The van der Waals surface area contributed by atoms with Gasteiger partial charge in [0.05, 0.1) is 18.8 Å². The van der Waals surface area contributed by atoms with Crippen LogP contribution in [0, 0.1) is 0 Å². The number of halogens is 2. The number of alkyl halides is 2. The summed E-state index contributed by atoms with van der Waals surface area (Å²) < 4.78 is 31.4. The van der Waals surface area contributed by atoms with E-state index >= 15 is 0 Å². The molecule has 1 rings (SSSR count). The van der Waals surface area contributed by atoms with Gasteiger partial charge in [-0.1, -0.05) is 0 Å². The van der Waals surface area contributed by atoms with Gasteiger partial charge >= 0.3 is 0 Å². The van der Waals surface area contributed by atoms with Gasteiger partial charge in [0, 0.05) is 12.5 Å². The van der Waals surface area contributed by atoms with Gasteiger partial charge in [0.2, 0.25) is 0 Å². The van der Waals surface area contributed by atoms with E-state index < -0.39 is 5.92 Å². The molecule has 0 unspecified atom stereocenters. The lowest BCUT2D eigenvalue weighted by molar-refractivity contribution is -0.0277. The van der Waals surface area contributed by atoms with E-state index in [1.54, 1.807) is 11.9 Å². The molecule has 0 N–H and O–H groups in total. The maximum Gasteiger partial charge on any atom is 0.262 e. The summed E-state index contributed by atoms with van der Waals surface area (Å²) in [5.74, 6) is -2.54. The van der Waals surface area contributed by atoms with Crippen LogP contribution in [0.5, 0.6) is 0 Å². The molecule has 0 spiro atoms. The Morgan fingerprint density at radius 2 is 2.00 bits per heavy atom. The van der Waals surface area contributed by atoms with Crippen molar-refractivity contribution in [1.29, 1.82) is 0 Å². The fourth-order valence-electron chi connectivity index (χ4n) is 1.59. The van der Waals surface area contributed by atoms with E-state index in [4.69, 9.17) is 4.74 Å². The molecular weight excluding hydrogens is 188 g/mol. The summed E-state index contributed by atoms with van der Waals surface area (Å²) in [6, 6.07) is -0.149. The van der Waals surface area contributed by atoms with Crippen LogP contribution in [0.2, 0.25) is 0 Å². The minimum absolute atomic E-state index is 0.0837. The topological polar surface area (TPSA) is 12.5 Å². The maximum atomic E-state index is 13.0. The first-order valence-corrected chi connectivity index (χ1v) is 4.92. The summed E-state index contributed by atoms with van der Waals surface area (Å²) in [6.07, 6.45) is -0.0837. The molecule has 1 aliphatic rings. The third-order valence-corrected chi connectivity index (χ3v) is 2.35. The van der Waals surface area contributed by atoms with Gasteiger partial charge in [0.15, 0.2) is 0 Å². The summed E-state index contributed by atoms with van der Waals surface area (Å²) in [7, 11) is 1.72. The molecule has 0 aliphatic carbocycles. The number of nitrogens with zero attached hydrogens (tertiary/aromatic N) is 1. The van der Waals surface area contributed by atoms with Gasteiger partial charge in [-0.3, -0.25) is 4.90 Å². The van der Waals surface area contributed by atoms with Crippen molar-refractivity contribution in [2.75, 3.05) is 20.2 Å². The Labute approximate surface area is 84.2 Å². The van der Waals surface area contributed by atoms with Crippen LogP contribution in [0.15, 0.2) is 0 Å². The molecule has 1 atom stereocenters. The van der Waals surface area contributed by atoms with E-state index in [0.717, 1.165) is 0 Å². The van der Waals surface area contributed by atoms with Crippen molar-refractivity contribution < 1.29 is 13.5 Å². The Morgan fingerprint density at radius 1 is 1.43 bits per heavy atom. The lowest BCUT2D eigenvalue weighted by Gasteiger charge is -2.25. The van der Waals surface area contributed by atoms with Gasteiger partial charge < -0.3 is 4.74 Å². The Morgan fingerprint density at radius 3 is 2.36 bits per heavy atom. The van der Waals surface area contributed by atoms with Crippen molar-refractivity contribution in [3.63, 3.8) is 0 Å². The van der Waals surface area contributed by atoms with Crippen LogP contribution >= 0.6 is 0 Å². The van der Waals surface area contributed by atoms with Crippen LogP contribution in [0.25, 0.3) is 0 Å². The standard InChI is InChI=1S/C10H19F2NO/c1-9(2,3)14-6-8-5-10(11,12)7-13(8)4/h8H,5-7H2,1-4H3/t8-/m0/s1. The highest BCUT2D eigenvalue weighted by Gasteiger charge is 2.43. The zero-order valence-electron chi connectivity index (χ0n) is 9.31. The summed E-state index contributed by atoms with van der Waals surface area (Å²) in [4.78, 5) is 1.67. The van der Waals surface area contributed by atoms with Crippen LogP contribution in [0.4, 0.5) is 8.78 Å². The second-order valence-corrected chi connectivity index (χ2v) is 5.05. The maximum absolute atomic E-state index is 13.0. The van der Waals surface area contributed by atoms with Crippen LogP contribution in [-0.2, 0) is 4.74 Å². The second kappa shape index (κ2) is 3.74. The third-order valence-electron chi connectivity index (χ3n) is 2.35. The number of likely N-dealkylation sites (tertiary alicyclic amines) is 1. The lowest BCUT2D eigenvalue weighted by Crippen LogP contribution is -2.33. The quantitative estimate of drug-likeness (QED) is 0.688. The van der Waals surface area contributed by atoms with E-state index in [-0.39, 0.29) is 24.6 Å². The highest BCUT2D eigenvalue weighted by Crippen LogP contribution is 2.31. The van der Waals surface area contributed by atoms with E-state index in [9.17, 15) is 8.78 Å².